The van der Waals surface area contributed by atoms with E-state index in [1.54, 1.807) is 11.0 Å². The van der Waals surface area contributed by atoms with Gasteiger partial charge in [-0.2, -0.15) is 4.31 Å². The second-order valence-electron chi connectivity index (χ2n) is 6.19. The molecule has 24 heavy (non-hydrogen) atoms. The highest BCUT2D eigenvalue weighted by molar-refractivity contribution is 7.92. The lowest BCUT2D eigenvalue weighted by Crippen LogP contribution is -2.43. The monoisotopic (exact) mass is 350 g/mol. The summed E-state index contributed by atoms with van der Waals surface area (Å²) in [5.74, 6) is 0.0693. The summed E-state index contributed by atoms with van der Waals surface area (Å²) in [6, 6.07) is 9.36. The number of carbonyl (C=O) groups excluding carboxylic acids is 1. The van der Waals surface area contributed by atoms with Crippen LogP contribution in [0, 0.1) is 5.92 Å². The zero-order valence-corrected chi connectivity index (χ0v) is 15.2. The fraction of sp³-hybridized carbons (Fsp3) is 0.500. The quantitative estimate of drug-likeness (QED) is 0.792. The van der Waals surface area contributed by atoms with Crippen LogP contribution in [0.5, 0.6) is 0 Å². The van der Waals surface area contributed by atoms with E-state index in [9.17, 15) is 13.2 Å². The Bertz CT molecular complexity index is 663. The Morgan fingerprint density at radius 1 is 1.25 bits per heavy atom. The van der Waals surface area contributed by atoms with E-state index in [1.807, 2.05) is 44.3 Å². The molecule has 1 aliphatic heterocycles. The molecule has 0 atom stereocenters. The number of rotatable bonds is 6. The maximum Gasteiger partial charge on any atom is 0.236 e. The predicted octanol–water partition coefficient (Wildman–Crippen LogP) is 2.57. The summed E-state index contributed by atoms with van der Waals surface area (Å²) in [6.45, 7) is 3.59. The van der Waals surface area contributed by atoms with E-state index in [4.69, 9.17) is 0 Å². The number of benzene rings is 1. The number of hydrogen-bond donors (Lipinski definition) is 0. The van der Waals surface area contributed by atoms with E-state index in [2.05, 4.69) is 0 Å². The zero-order chi connectivity index (χ0) is 17.6. The van der Waals surface area contributed by atoms with E-state index < -0.39 is 10.0 Å². The Morgan fingerprint density at radius 2 is 1.88 bits per heavy atom. The van der Waals surface area contributed by atoms with E-state index in [0.29, 0.717) is 25.9 Å². The van der Waals surface area contributed by atoms with Gasteiger partial charge in [-0.15, -0.1) is 0 Å². The first kappa shape index (κ1) is 18.7. The molecule has 1 aromatic carbocycles. The molecule has 0 spiro atoms. The van der Waals surface area contributed by atoms with Crippen LogP contribution in [0.3, 0.4) is 0 Å². The van der Waals surface area contributed by atoms with Crippen molar-refractivity contribution in [1.29, 1.82) is 0 Å². The van der Waals surface area contributed by atoms with Crippen molar-refractivity contribution in [3.8, 4) is 0 Å². The molecular formula is C18H26N2O3S. The van der Waals surface area contributed by atoms with Crippen molar-refractivity contribution >= 4 is 22.0 Å². The summed E-state index contributed by atoms with van der Waals surface area (Å²) in [7, 11) is -1.62. The highest BCUT2D eigenvalue weighted by atomic mass is 32.2. The number of nitrogens with zero attached hydrogens (tertiary/aromatic N) is 2. The third kappa shape index (κ3) is 4.92. The Morgan fingerprint density at radius 3 is 2.46 bits per heavy atom. The predicted molar refractivity (Wildman–Crippen MR) is 96.6 cm³/mol. The van der Waals surface area contributed by atoms with Crippen LogP contribution >= 0.6 is 0 Å². The molecule has 1 aliphatic rings. The maximum atomic E-state index is 12.4. The summed E-state index contributed by atoms with van der Waals surface area (Å²) in [4.78, 5) is 14.1. The van der Waals surface area contributed by atoms with Crippen molar-refractivity contribution in [2.75, 3.05) is 26.7 Å². The Hall–Kier alpha value is -1.66. The lowest BCUT2D eigenvalue weighted by molar-refractivity contribution is -0.135. The van der Waals surface area contributed by atoms with Gasteiger partial charge < -0.3 is 4.90 Å². The summed E-state index contributed by atoms with van der Waals surface area (Å²) < 4.78 is 26.3. The summed E-state index contributed by atoms with van der Waals surface area (Å²) in [5.41, 5.74) is 0.854. The van der Waals surface area contributed by atoms with Gasteiger partial charge in [-0.3, -0.25) is 4.79 Å². The van der Waals surface area contributed by atoms with Gasteiger partial charge in [0, 0.05) is 38.0 Å². The first-order chi connectivity index (χ1) is 11.4. The van der Waals surface area contributed by atoms with E-state index in [0.717, 1.165) is 18.5 Å². The van der Waals surface area contributed by atoms with Crippen LogP contribution in [-0.4, -0.2) is 50.2 Å². The van der Waals surface area contributed by atoms with Gasteiger partial charge in [0.1, 0.15) is 0 Å². The molecule has 0 N–H and O–H groups in total. The molecule has 0 unspecified atom stereocenters. The molecule has 1 heterocycles. The maximum absolute atomic E-state index is 12.4. The molecule has 1 amide bonds. The van der Waals surface area contributed by atoms with Crippen molar-refractivity contribution in [3.05, 3.63) is 41.3 Å². The van der Waals surface area contributed by atoms with Crippen LogP contribution < -0.4 is 0 Å². The molecule has 132 valence electrons. The molecule has 6 heteroatoms. The third-order valence-electron chi connectivity index (χ3n) is 4.33. The number of piperidine rings is 1. The molecule has 2 rings (SSSR count). The Kier molecular flexibility index (Phi) is 6.57. The van der Waals surface area contributed by atoms with Crippen molar-refractivity contribution in [1.82, 2.24) is 9.21 Å². The van der Waals surface area contributed by atoms with Gasteiger partial charge in [0.2, 0.25) is 15.9 Å². The molecule has 0 saturated carbocycles. The Balaban J connectivity index is 1.93. The fourth-order valence-corrected chi connectivity index (χ4v) is 4.15. The van der Waals surface area contributed by atoms with Crippen LogP contribution in [0.4, 0.5) is 0 Å². The second-order valence-corrected chi connectivity index (χ2v) is 8.01. The van der Waals surface area contributed by atoms with Gasteiger partial charge in [-0.05, 0) is 30.9 Å². The first-order valence-corrected chi connectivity index (χ1v) is 9.92. The molecule has 1 fully saturated rings. The van der Waals surface area contributed by atoms with Gasteiger partial charge in [0.25, 0.3) is 0 Å². The molecule has 1 aromatic rings. The van der Waals surface area contributed by atoms with Gasteiger partial charge in [0.15, 0.2) is 0 Å². The van der Waals surface area contributed by atoms with Crippen molar-refractivity contribution in [3.63, 3.8) is 0 Å². The van der Waals surface area contributed by atoms with Crippen molar-refractivity contribution < 1.29 is 13.2 Å². The fourth-order valence-electron chi connectivity index (χ4n) is 2.93. The largest absolute Gasteiger partial charge is 0.346 e. The molecule has 0 radical (unpaired) electrons. The molecule has 0 aromatic heterocycles. The van der Waals surface area contributed by atoms with Crippen molar-refractivity contribution in [2.45, 2.75) is 26.2 Å². The minimum absolute atomic E-state index is 0.0638. The number of amides is 1. The number of sulfonamides is 1. The molecule has 1 saturated heterocycles. The standard InChI is InChI=1S/C18H26N2O3S/c1-3-12-19(2)18(21)17-9-13-20(14-10-17)24(22,23)15-11-16-7-5-4-6-8-16/h4-8,11,15,17H,3,9-10,12-14H2,1-2H3/b15-11-. The number of carbonyl (C=O) groups is 1. The normalized spacial score (nSPS) is 17.2. The van der Waals surface area contributed by atoms with Crippen molar-refractivity contribution in [2.24, 2.45) is 5.92 Å². The Labute approximate surface area is 145 Å². The minimum atomic E-state index is -3.43. The number of hydrogen-bond acceptors (Lipinski definition) is 3. The molecular weight excluding hydrogens is 324 g/mol. The topological polar surface area (TPSA) is 57.7 Å². The minimum Gasteiger partial charge on any atom is -0.346 e. The van der Waals surface area contributed by atoms with E-state index in [1.165, 1.54) is 9.71 Å². The third-order valence-corrected chi connectivity index (χ3v) is 5.90. The molecule has 0 bridgehead atoms. The summed E-state index contributed by atoms with van der Waals surface area (Å²) >= 11 is 0. The average molecular weight is 350 g/mol. The van der Waals surface area contributed by atoms with Crippen LogP contribution in [0.1, 0.15) is 31.7 Å². The van der Waals surface area contributed by atoms with Crippen LogP contribution in [0.25, 0.3) is 6.08 Å². The summed E-state index contributed by atoms with van der Waals surface area (Å²) in [5, 5.41) is 1.26. The smallest absolute Gasteiger partial charge is 0.236 e. The van der Waals surface area contributed by atoms with Crippen LogP contribution in [0.2, 0.25) is 0 Å². The van der Waals surface area contributed by atoms with E-state index in [-0.39, 0.29) is 11.8 Å². The second kappa shape index (κ2) is 8.44. The van der Waals surface area contributed by atoms with Gasteiger partial charge in [-0.1, -0.05) is 37.3 Å². The van der Waals surface area contributed by atoms with Gasteiger partial charge in [-0.25, -0.2) is 8.42 Å². The molecule has 0 aliphatic carbocycles. The highest BCUT2D eigenvalue weighted by Gasteiger charge is 2.31. The molecule has 5 nitrogen and oxygen atoms in total. The van der Waals surface area contributed by atoms with Crippen LogP contribution in [0.15, 0.2) is 35.7 Å². The highest BCUT2D eigenvalue weighted by Crippen LogP contribution is 2.22. The van der Waals surface area contributed by atoms with E-state index >= 15 is 0 Å². The van der Waals surface area contributed by atoms with Gasteiger partial charge >= 0.3 is 0 Å². The lowest BCUT2D eigenvalue weighted by atomic mass is 9.96. The average Bonchev–Trinajstić information content (AvgIpc) is 2.60. The SMILES string of the molecule is CCCN(C)C(=O)C1CCN(S(=O)(=O)/C=C\c2ccccc2)CC1. The van der Waals surface area contributed by atoms with Gasteiger partial charge in [0.05, 0.1) is 0 Å². The lowest BCUT2D eigenvalue weighted by Gasteiger charge is -2.31. The summed E-state index contributed by atoms with van der Waals surface area (Å²) in [6.07, 6.45) is 3.72. The first-order valence-electron chi connectivity index (χ1n) is 8.42. The van der Waals surface area contributed by atoms with Crippen LogP contribution in [-0.2, 0) is 14.8 Å². The zero-order valence-electron chi connectivity index (χ0n) is 14.4.